The number of nitrogens with one attached hydrogen (secondary N) is 2. The molecule has 0 aromatic carbocycles. The lowest BCUT2D eigenvalue weighted by Gasteiger charge is -2.59. The van der Waals surface area contributed by atoms with Crippen molar-refractivity contribution in [2.75, 3.05) is 33.4 Å². The van der Waals surface area contributed by atoms with Gasteiger partial charge in [-0.1, -0.05) is 13.8 Å². The summed E-state index contributed by atoms with van der Waals surface area (Å²) in [6.45, 7) is 14.0. The number of hydrogen-bond acceptors (Lipinski definition) is 3. The first-order valence-electron chi connectivity index (χ1n) is 8.09. The molecule has 0 aromatic heterocycles. The molecule has 0 radical (unpaired) electrons. The summed E-state index contributed by atoms with van der Waals surface area (Å²) < 4.78 is 11.0. The molecule has 0 amide bonds. The summed E-state index contributed by atoms with van der Waals surface area (Å²) in [5.41, 5.74) is 0.0280. The standard InChI is InChI=1S/C16H33N3O2.HI/c1-7-17-14(18-10-9-11-21-8-2)19-13-12-16(5,20-6)15(13,3)4;/h13H,7-12H2,1-6H3,(H2,17,18,19);1H. The number of halogens is 1. The van der Waals surface area contributed by atoms with Gasteiger partial charge in [-0.2, -0.15) is 0 Å². The number of rotatable bonds is 8. The average Bonchev–Trinajstić information content (AvgIpc) is 2.46. The molecule has 0 aromatic rings. The maximum absolute atomic E-state index is 5.67. The van der Waals surface area contributed by atoms with Crippen molar-refractivity contribution < 1.29 is 9.47 Å². The molecule has 132 valence electrons. The molecule has 0 heterocycles. The van der Waals surface area contributed by atoms with E-state index >= 15 is 0 Å². The Morgan fingerprint density at radius 3 is 2.45 bits per heavy atom. The van der Waals surface area contributed by atoms with Gasteiger partial charge in [-0.25, -0.2) is 0 Å². The van der Waals surface area contributed by atoms with Gasteiger partial charge in [-0.15, -0.1) is 24.0 Å². The number of aliphatic imine (C=N–C) groups is 1. The molecule has 0 spiro atoms. The van der Waals surface area contributed by atoms with E-state index in [2.05, 4.69) is 43.3 Å². The highest BCUT2D eigenvalue weighted by Gasteiger charge is 2.58. The van der Waals surface area contributed by atoms with Gasteiger partial charge in [0, 0.05) is 44.9 Å². The first kappa shape index (κ1) is 21.9. The Labute approximate surface area is 153 Å². The third-order valence-corrected chi connectivity index (χ3v) is 4.85. The Balaban J connectivity index is 0.00000441. The van der Waals surface area contributed by atoms with E-state index in [1.54, 1.807) is 7.11 Å². The molecule has 0 bridgehead atoms. The van der Waals surface area contributed by atoms with Crippen LogP contribution in [0.25, 0.3) is 0 Å². The van der Waals surface area contributed by atoms with Gasteiger partial charge in [0.05, 0.1) is 5.60 Å². The Morgan fingerprint density at radius 1 is 1.27 bits per heavy atom. The van der Waals surface area contributed by atoms with Gasteiger partial charge in [-0.05, 0) is 33.6 Å². The Hall–Kier alpha value is -0.0800. The minimum atomic E-state index is -0.0586. The smallest absolute Gasteiger partial charge is 0.191 e. The molecule has 0 aliphatic heterocycles. The van der Waals surface area contributed by atoms with Crippen molar-refractivity contribution in [1.29, 1.82) is 0 Å². The second kappa shape index (κ2) is 9.93. The molecule has 5 nitrogen and oxygen atoms in total. The predicted octanol–water partition coefficient (Wildman–Crippen LogP) is 2.79. The van der Waals surface area contributed by atoms with E-state index in [-0.39, 0.29) is 35.0 Å². The maximum atomic E-state index is 5.67. The van der Waals surface area contributed by atoms with Crippen molar-refractivity contribution in [3.63, 3.8) is 0 Å². The first-order chi connectivity index (χ1) is 9.91. The third kappa shape index (κ3) is 5.23. The van der Waals surface area contributed by atoms with E-state index in [9.17, 15) is 0 Å². The molecule has 1 saturated carbocycles. The van der Waals surface area contributed by atoms with Crippen molar-refractivity contribution in [3.05, 3.63) is 0 Å². The van der Waals surface area contributed by atoms with Gasteiger partial charge in [-0.3, -0.25) is 4.99 Å². The lowest BCUT2D eigenvalue weighted by molar-refractivity contribution is -0.176. The fourth-order valence-electron chi connectivity index (χ4n) is 2.71. The Kier molecular flexibility index (Phi) is 9.89. The van der Waals surface area contributed by atoms with Gasteiger partial charge in [0.25, 0.3) is 0 Å². The monoisotopic (exact) mass is 427 g/mol. The van der Waals surface area contributed by atoms with Crippen LogP contribution in [0.1, 0.15) is 47.5 Å². The topological polar surface area (TPSA) is 54.9 Å². The van der Waals surface area contributed by atoms with Crippen molar-refractivity contribution in [2.24, 2.45) is 10.4 Å². The van der Waals surface area contributed by atoms with Crippen LogP contribution in [0.5, 0.6) is 0 Å². The number of hydrogen-bond donors (Lipinski definition) is 2. The highest BCUT2D eigenvalue weighted by atomic mass is 127. The van der Waals surface area contributed by atoms with E-state index in [1.807, 2.05) is 6.92 Å². The van der Waals surface area contributed by atoms with Crippen LogP contribution in [-0.2, 0) is 9.47 Å². The third-order valence-electron chi connectivity index (χ3n) is 4.85. The molecule has 2 unspecified atom stereocenters. The van der Waals surface area contributed by atoms with E-state index in [4.69, 9.17) is 9.47 Å². The van der Waals surface area contributed by atoms with Gasteiger partial charge in [0.1, 0.15) is 0 Å². The summed E-state index contributed by atoms with van der Waals surface area (Å²) in [6.07, 6.45) is 1.95. The van der Waals surface area contributed by atoms with Crippen LogP contribution in [0.15, 0.2) is 4.99 Å². The molecule has 1 aliphatic carbocycles. The first-order valence-corrected chi connectivity index (χ1v) is 8.09. The lowest BCUT2D eigenvalue weighted by atomic mass is 9.56. The average molecular weight is 427 g/mol. The SMILES string of the molecule is CCNC(=NCCCOCC)NC1CC(C)(OC)C1(C)C.I. The van der Waals surface area contributed by atoms with Gasteiger partial charge >= 0.3 is 0 Å². The molecular formula is C16H34IN3O2. The van der Waals surface area contributed by atoms with Crippen LogP contribution in [0.3, 0.4) is 0 Å². The molecule has 6 heteroatoms. The molecule has 22 heavy (non-hydrogen) atoms. The van der Waals surface area contributed by atoms with Crippen LogP contribution in [-0.4, -0.2) is 51.0 Å². The highest BCUT2D eigenvalue weighted by Crippen LogP contribution is 2.51. The van der Waals surface area contributed by atoms with Crippen LogP contribution < -0.4 is 10.6 Å². The zero-order valence-electron chi connectivity index (χ0n) is 15.0. The zero-order chi connectivity index (χ0) is 15.9. The van der Waals surface area contributed by atoms with E-state index in [0.29, 0.717) is 6.04 Å². The number of ether oxygens (including phenoxy) is 2. The number of methoxy groups -OCH3 is 1. The van der Waals surface area contributed by atoms with Gasteiger partial charge in [0.2, 0.25) is 0 Å². The molecule has 0 saturated heterocycles. The van der Waals surface area contributed by atoms with Crippen molar-refractivity contribution in [1.82, 2.24) is 10.6 Å². The van der Waals surface area contributed by atoms with Gasteiger partial charge in [0.15, 0.2) is 5.96 Å². The zero-order valence-corrected chi connectivity index (χ0v) is 17.3. The molecule has 2 N–H and O–H groups in total. The second-order valence-electron chi connectivity index (χ2n) is 6.37. The molecular weight excluding hydrogens is 393 g/mol. The highest BCUT2D eigenvalue weighted by molar-refractivity contribution is 14.0. The summed E-state index contributed by atoms with van der Waals surface area (Å²) in [5.74, 6) is 0.894. The number of nitrogens with zero attached hydrogens (tertiary/aromatic N) is 1. The van der Waals surface area contributed by atoms with Crippen LogP contribution in [0.4, 0.5) is 0 Å². The summed E-state index contributed by atoms with van der Waals surface area (Å²) in [5, 5.41) is 6.86. The molecule has 1 rings (SSSR count). The molecule has 1 aliphatic rings. The lowest BCUT2D eigenvalue weighted by Crippen LogP contribution is -2.69. The Morgan fingerprint density at radius 2 is 1.95 bits per heavy atom. The predicted molar refractivity (Wildman–Crippen MR) is 103 cm³/mol. The Bertz CT molecular complexity index is 350. The summed E-state index contributed by atoms with van der Waals surface area (Å²) in [7, 11) is 1.80. The molecule has 2 atom stereocenters. The quantitative estimate of drug-likeness (QED) is 0.271. The second-order valence-corrected chi connectivity index (χ2v) is 6.37. The minimum Gasteiger partial charge on any atom is -0.382 e. The van der Waals surface area contributed by atoms with Crippen LogP contribution >= 0.6 is 24.0 Å². The van der Waals surface area contributed by atoms with E-state index < -0.39 is 0 Å². The fourth-order valence-corrected chi connectivity index (χ4v) is 2.71. The normalized spacial score (nSPS) is 26.8. The maximum Gasteiger partial charge on any atom is 0.191 e. The van der Waals surface area contributed by atoms with Crippen molar-refractivity contribution in [2.45, 2.75) is 59.1 Å². The van der Waals surface area contributed by atoms with E-state index in [0.717, 1.165) is 45.1 Å². The largest absolute Gasteiger partial charge is 0.382 e. The summed E-state index contributed by atoms with van der Waals surface area (Å²) >= 11 is 0. The van der Waals surface area contributed by atoms with Gasteiger partial charge < -0.3 is 20.1 Å². The fraction of sp³-hybridized carbons (Fsp3) is 0.938. The van der Waals surface area contributed by atoms with E-state index in [1.165, 1.54) is 0 Å². The van der Waals surface area contributed by atoms with Crippen molar-refractivity contribution >= 4 is 29.9 Å². The van der Waals surface area contributed by atoms with Crippen LogP contribution in [0, 0.1) is 5.41 Å². The van der Waals surface area contributed by atoms with Crippen molar-refractivity contribution in [3.8, 4) is 0 Å². The summed E-state index contributed by atoms with van der Waals surface area (Å²) in [6, 6.07) is 0.382. The summed E-state index contributed by atoms with van der Waals surface area (Å²) in [4.78, 5) is 4.62. The molecule has 1 fully saturated rings. The number of guanidine groups is 1. The minimum absolute atomic E-state index is 0. The van der Waals surface area contributed by atoms with Crippen LogP contribution in [0.2, 0.25) is 0 Å².